The van der Waals surface area contributed by atoms with Crippen molar-refractivity contribution in [3.05, 3.63) is 30.3 Å². The maximum Gasteiger partial charge on any atom is 0.0903 e. The predicted octanol–water partition coefficient (Wildman–Crippen LogP) is 2.39. The van der Waals surface area contributed by atoms with Gasteiger partial charge in [0.25, 0.3) is 0 Å². The van der Waals surface area contributed by atoms with Crippen molar-refractivity contribution >= 4 is 27.3 Å². The van der Waals surface area contributed by atoms with E-state index in [1.54, 1.807) is 0 Å². The molecule has 0 aromatic heterocycles. The molecule has 1 atom stereocenters. The van der Waals surface area contributed by atoms with Crippen LogP contribution in [0.2, 0.25) is 0 Å². The third-order valence-corrected chi connectivity index (χ3v) is 4.12. The molecule has 1 aliphatic rings. The van der Waals surface area contributed by atoms with Crippen molar-refractivity contribution < 1.29 is 4.21 Å². The molecule has 76 valence electrons. The Bertz CT molecular complexity index is 589. The van der Waals surface area contributed by atoms with Crippen molar-refractivity contribution in [2.24, 2.45) is 0 Å². The largest absolute Gasteiger partial charge is 0.377 e. The Morgan fingerprint density at radius 2 is 1.87 bits per heavy atom. The Labute approximate surface area is 91.0 Å². The van der Waals surface area contributed by atoms with Crippen LogP contribution in [-0.4, -0.2) is 18.3 Å². The predicted molar refractivity (Wildman–Crippen MR) is 62.9 cm³/mol. The van der Waals surface area contributed by atoms with Crippen molar-refractivity contribution in [3.63, 3.8) is 0 Å². The Morgan fingerprint density at radius 1 is 1.13 bits per heavy atom. The second-order valence-corrected chi connectivity index (χ2v) is 5.29. The molecule has 3 heteroatoms. The van der Waals surface area contributed by atoms with E-state index in [1.165, 1.54) is 5.39 Å². The van der Waals surface area contributed by atoms with Crippen molar-refractivity contribution in [2.75, 3.05) is 19.0 Å². The van der Waals surface area contributed by atoms with Gasteiger partial charge >= 0.3 is 0 Å². The van der Waals surface area contributed by atoms with Gasteiger partial charge in [-0.3, -0.25) is 0 Å². The van der Waals surface area contributed by atoms with E-state index >= 15 is 0 Å². The summed E-state index contributed by atoms with van der Waals surface area (Å²) in [5.74, 6) is 0. The van der Waals surface area contributed by atoms with Gasteiger partial charge in [0.2, 0.25) is 0 Å². The maximum atomic E-state index is 11.8. The number of anilines is 1. The molecule has 0 saturated carbocycles. The second-order valence-electron chi connectivity index (χ2n) is 3.94. The van der Waals surface area contributed by atoms with Gasteiger partial charge in [0.15, 0.2) is 0 Å². The van der Waals surface area contributed by atoms with Gasteiger partial charge in [0, 0.05) is 14.1 Å². The zero-order valence-electron chi connectivity index (χ0n) is 8.65. The third kappa shape index (κ3) is 1.13. The molecule has 0 bridgehead atoms. The molecular formula is C12H11NOS. The summed E-state index contributed by atoms with van der Waals surface area (Å²) in [7, 11) is 3.11. The second kappa shape index (κ2) is 2.83. The molecule has 1 unspecified atom stereocenters. The molecule has 0 saturated heterocycles. The lowest BCUT2D eigenvalue weighted by molar-refractivity contribution is 0.693. The van der Waals surface area contributed by atoms with Crippen molar-refractivity contribution in [3.8, 4) is 0 Å². The highest BCUT2D eigenvalue weighted by Gasteiger charge is 2.35. The lowest BCUT2D eigenvalue weighted by atomic mass is 10.1. The van der Waals surface area contributed by atoms with Crippen LogP contribution < -0.4 is 4.90 Å². The first-order valence-corrected chi connectivity index (χ1v) is 6.00. The van der Waals surface area contributed by atoms with Gasteiger partial charge < -0.3 is 4.90 Å². The molecule has 2 nitrogen and oxygen atoms in total. The van der Waals surface area contributed by atoms with Crippen LogP contribution in [0.4, 0.5) is 5.69 Å². The van der Waals surface area contributed by atoms with E-state index in [2.05, 4.69) is 12.1 Å². The number of hydrogen-bond donors (Lipinski definition) is 0. The van der Waals surface area contributed by atoms with E-state index in [-0.39, 0.29) is 0 Å². The molecule has 3 rings (SSSR count). The molecule has 0 aliphatic carbocycles. The van der Waals surface area contributed by atoms with E-state index in [1.807, 2.05) is 37.2 Å². The van der Waals surface area contributed by atoms with Crippen LogP contribution in [0.5, 0.6) is 0 Å². The number of nitrogens with zero attached hydrogens (tertiary/aromatic N) is 1. The van der Waals surface area contributed by atoms with Crippen LogP contribution in [-0.2, 0) is 10.8 Å². The van der Waals surface area contributed by atoms with Crippen LogP contribution in [0.15, 0.2) is 40.1 Å². The fraction of sp³-hybridized carbons (Fsp3) is 0.167. The van der Waals surface area contributed by atoms with Gasteiger partial charge in [-0.1, -0.05) is 24.3 Å². The molecule has 0 radical (unpaired) electrons. The van der Waals surface area contributed by atoms with Crippen LogP contribution in [0, 0.1) is 0 Å². The highest BCUT2D eigenvalue weighted by molar-refractivity contribution is 7.91. The zero-order valence-corrected chi connectivity index (χ0v) is 9.47. The summed E-state index contributed by atoms with van der Waals surface area (Å²) in [6.45, 7) is 0. The molecule has 2 aromatic carbocycles. The summed E-state index contributed by atoms with van der Waals surface area (Å²) in [5, 5.41) is 2.31. The van der Waals surface area contributed by atoms with Crippen molar-refractivity contribution in [1.82, 2.24) is 0 Å². The Morgan fingerprint density at radius 3 is 2.60 bits per heavy atom. The third-order valence-electron chi connectivity index (χ3n) is 2.75. The minimum Gasteiger partial charge on any atom is -0.377 e. The first-order valence-electron chi connectivity index (χ1n) is 4.85. The SMILES string of the molecule is CN(C)c1cc2ccccc2c2c1S2=O. The molecule has 0 spiro atoms. The lowest BCUT2D eigenvalue weighted by Gasteiger charge is -2.11. The average Bonchev–Trinajstić information content (AvgIpc) is 2.90. The van der Waals surface area contributed by atoms with Gasteiger partial charge in [0.1, 0.15) is 0 Å². The van der Waals surface area contributed by atoms with Crippen molar-refractivity contribution in [1.29, 1.82) is 0 Å². The van der Waals surface area contributed by atoms with Gasteiger partial charge in [-0.05, 0) is 16.8 Å². The minimum absolute atomic E-state index is 0.863. The fourth-order valence-corrected chi connectivity index (χ4v) is 3.35. The zero-order chi connectivity index (χ0) is 10.6. The quantitative estimate of drug-likeness (QED) is 0.583. The van der Waals surface area contributed by atoms with Crippen molar-refractivity contribution in [2.45, 2.75) is 9.79 Å². The van der Waals surface area contributed by atoms with Crippen LogP contribution in [0.1, 0.15) is 0 Å². The van der Waals surface area contributed by atoms with E-state index in [0.717, 1.165) is 20.9 Å². The highest BCUT2D eigenvalue weighted by atomic mass is 32.2. The van der Waals surface area contributed by atoms with E-state index in [4.69, 9.17) is 0 Å². The molecule has 0 amide bonds. The van der Waals surface area contributed by atoms with Crippen LogP contribution in [0.3, 0.4) is 0 Å². The van der Waals surface area contributed by atoms with Gasteiger partial charge in [-0.25, -0.2) is 4.21 Å². The first-order chi connectivity index (χ1) is 7.20. The Kier molecular flexibility index (Phi) is 1.68. The van der Waals surface area contributed by atoms with E-state index < -0.39 is 10.8 Å². The standard InChI is InChI=1S/C12H11NOS/c1-13(2)10-7-8-5-3-4-6-9(8)11-12(10)15(11)14/h3-7H,1-2H3. The number of benzene rings is 2. The van der Waals surface area contributed by atoms with Gasteiger partial charge in [-0.15, -0.1) is 0 Å². The first kappa shape index (κ1) is 8.92. The summed E-state index contributed by atoms with van der Waals surface area (Å²) in [5.41, 5.74) is 1.09. The molecule has 15 heavy (non-hydrogen) atoms. The fourth-order valence-electron chi connectivity index (χ4n) is 1.94. The van der Waals surface area contributed by atoms with Crippen LogP contribution >= 0.6 is 0 Å². The monoisotopic (exact) mass is 217 g/mol. The maximum absolute atomic E-state index is 11.8. The summed E-state index contributed by atoms with van der Waals surface area (Å²) >= 11 is 0. The normalized spacial score (nSPS) is 17.6. The lowest BCUT2D eigenvalue weighted by Crippen LogP contribution is -2.08. The summed E-state index contributed by atoms with van der Waals surface area (Å²) in [6, 6.07) is 10.2. The number of rotatable bonds is 1. The smallest absolute Gasteiger partial charge is 0.0903 e. The summed E-state index contributed by atoms with van der Waals surface area (Å²) in [6.07, 6.45) is 0. The van der Waals surface area contributed by atoms with E-state index in [9.17, 15) is 4.21 Å². The molecule has 0 N–H and O–H groups in total. The summed E-state index contributed by atoms with van der Waals surface area (Å²) < 4.78 is 11.8. The number of hydrogen-bond acceptors (Lipinski definition) is 2. The minimum atomic E-state index is -0.863. The van der Waals surface area contributed by atoms with Gasteiger partial charge in [0.05, 0.1) is 26.3 Å². The topological polar surface area (TPSA) is 20.3 Å². The molecule has 1 heterocycles. The number of fused-ring (bicyclic) bond motifs is 3. The molecule has 1 aliphatic heterocycles. The molecule has 0 fully saturated rings. The van der Waals surface area contributed by atoms with Crippen LogP contribution in [0.25, 0.3) is 10.8 Å². The van der Waals surface area contributed by atoms with Gasteiger partial charge in [-0.2, -0.15) is 0 Å². The van der Waals surface area contributed by atoms with E-state index in [0.29, 0.717) is 0 Å². The average molecular weight is 217 g/mol. The molecule has 2 aromatic rings. The Hall–Kier alpha value is -1.35. The highest BCUT2D eigenvalue weighted by Crippen LogP contribution is 2.48. The molecular weight excluding hydrogens is 206 g/mol. The Balaban J connectivity index is 2.41. The summed E-state index contributed by atoms with van der Waals surface area (Å²) in [4.78, 5) is 4.06.